The van der Waals surface area contributed by atoms with E-state index in [1.165, 1.54) is 0 Å². The van der Waals surface area contributed by atoms with Gasteiger partial charge in [-0.1, -0.05) is 49.1 Å². The summed E-state index contributed by atoms with van der Waals surface area (Å²) < 4.78 is 5.19. The van der Waals surface area contributed by atoms with Gasteiger partial charge in [0.1, 0.15) is 6.61 Å². The van der Waals surface area contributed by atoms with E-state index in [-0.39, 0.29) is 19.2 Å². The number of rotatable bonds is 6. The van der Waals surface area contributed by atoms with Crippen LogP contribution in [-0.2, 0) is 11.2 Å². The lowest BCUT2D eigenvalue weighted by Crippen LogP contribution is -2.10. The number of aliphatic hydroxyl groups is 1. The highest BCUT2D eigenvalue weighted by molar-refractivity contribution is 6.05. The molecule has 0 atom stereocenters. The molecule has 104 valence electrons. The Labute approximate surface area is 118 Å². The number of fused-ring (bicyclic) bond motifs is 1. The number of hydrogen-bond donors (Lipinski definition) is 1. The molecule has 1 N–H and O–H groups in total. The van der Waals surface area contributed by atoms with Crippen LogP contribution in [0.15, 0.2) is 49.1 Å². The van der Waals surface area contributed by atoms with Crippen LogP contribution < -0.4 is 0 Å². The molecule has 0 radical (unpaired) electrons. The molecule has 0 bridgehead atoms. The third-order valence-corrected chi connectivity index (χ3v) is 3.16. The smallest absolute Gasteiger partial charge is 0.339 e. The van der Waals surface area contributed by atoms with Gasteiger partial charge in [-0.15, -0.1) is 0 Å². The maximum Gasteiger partial charge on any atom is 0.339 e. The van der Waals surface area contributed by atoms with Crippen molar-refractivity contribution in [1.82, 2.24) is 0 Å². The lowest BCUT2D eigenvalue weighted by molar-refractivity contribution is 0.0550. The highest BCUT2D eigenvalue weighted by atomic mass is 16.5. The number of ether oxygens (including phenoxy) is 1. The summed E-state index contributed by atoms with van der Waals surface area (Å²) in [7, 11) is 0. The summed E-state index contributed by atoms with van der Waals surface area (Å²) in [5.74, 6) is -0.338. The Morgan fingerprint density at radius 1 is 1.25 bits per heavy atom. The van der Waals surface area contributed by atoms with Crippen molar-refractivity contribution in [3.05, 3.63) is 60.2 Å². The van der Waals surface area contributed by atoms with Gasteiger partial charge in [-0.2, -0.15) is 0 Å². The van der Waals surface area contributed by atoms with Crippen LogP contribution in [0.4, 0.5) is 0 Å². The van der Waals surface area contributed by atoms with Crippen LogP contribution in [0.1, 0.15) is 22.3 Å². The molecule has 0 saturated carbocycles. The van der Waals surface area contributed by atoms with E-state index < -0.39 is 0 Å². The highest BCUT2D eigenvalue weighted by Crippen LogP contribution is 2.24. The molecule has 0 spiro atoms. The van der Waals surface area contributed by atoms with Crippen LogP contribution in [0.25, 0.3) is 10.8 Å². The molecule has 0 unspecified atom stereocenters. The van der Waals surface area contributed by atoms with Gasteiger partial charge in [-0.3, -0.25) is 0 Å². The van der Waals surface area contributed by atoms with Crippen LogP contribution >= 0.6 is 0 Å². The fraction of sp³-hybridized carbons (Fsp3) is 0.235. The monoisotopic (exact) mass is 270 g/mol. The molecule has 0 heterocycles. The van der Waals surface area contributed by atoms with Gasteiger partial charge in [0.2, 0.25) is 0 Å². The van der Waals surface area contributed by atoms with E-state index >= 15 is 0 Å². The summed E-state index contributed by atoms with van der Waals surface area (Å²) in [4.78, 5) is 12.3. The highest BCUT2D eigenvalue weighted by Gasteiger charge is 2.16. The molecule has 0 amide bonds. The SMILES string of the molecule is C=CCOC(=O)c1c(CCCO)ccc2ccccc12. The number of carbonyl (C=O) groups is 1. The Morgan fingerprint density at radius 2 is 2.05 bits per heavy atom. The van der Waals surface area contributed by atoms with E-state index in [2.05, 4.69) is 6.58 Å². The molecule has 2 aromatic carbocycles. The molecule has 0 aromatic heterocycles. The van der Waals surface area contributed by atoms with Crippen molar-refractivity contribution in [2.75, 3.05) is 13.2 Å². The molecular formula is C17H18O3. The lowest BCUT2D eigenvalue weighted by Gasteiger charge is -2.12. The van der Waals surface area contributed by atoms with Crippen LogP contribution in [0.5, 0.6) is 0 Å². The van der Waals surface area contributed by atoms with E-state index in [4.69, 9.17) is 9.84 Å². The van der Waals surface area contributed by atoms with E-state index in [0.29, 0.717) is 18.4 Å². The molecule has 0 aliphatic heterocycles. The molecule has 0 aliphatic rings. The second-order valence-electron chi connectivity index (χ2n) is 4.54. The molecule has 0 aliphatic carbocycles. The summed E-state index contributed by atoms with van der Waals surface area (Å²) in [6.45, 7) is 3.85. The Kier molecular flexibility index (Phi) is 4.91. The topological polar surface area (TPSA) is 46.5 Å². The van der Waals surface area contributed by atoms with Gasteiger partial charge >= 0.3 is 5.97 Å². The second kappa shape index (κ2) is 6.87. The summed E-state index contributed by atoms with van der Waals surface area (Å²) in [5, 5.41) is 10.9. The largest absolute Gasteiger partial charge is 0.458 e. The Balaban J connectivity index is 2.49. The van der Waals surface area contributed by atoms with E-state index in [1.54, 1.807) is 6.08 Å². The summed E-state index contributed by atoms with van der Waals surface area (Å²) in [6, 6.07) is 11.7. The average molecular weight is 270 g/mol. The first-order valence-electron chi connectivity index (χ1n) is 6.67. The molecule has 0 fully saturated rings. The van der Waals surface area contributed by atoms with Gasteiger partial charge in [0.15, 0.2) is 0 Å². The van der Waals surface area contributed by atoms with Crippen molar-refractivity contribution in [3.63, 3.8) is 0 Å². The van der Waals surface area contributed by atoms with Crippen molar-refractivity contribution in [1.29, 1.82) is 0 Å². The second-order valence-corrected chi connectivity index (χ2v) is 4.54. The van der Waals surface area contributed by atoms with Gasteiger partial charge in [0.05, 0.1) is 5.56 Å². The van der Waals surface area contributed by atoms with E-state index in [9.17, 15) is 4.79 Å². The average Bonchev–Trinajstić information content (AvgIpc) is 2.49. The fourth-order valence-corrected chi connectivity index (χ4v) is 2.24. The van der Waals surface area contributed by atoms with Crippen molar-refractivity contribution in [2.24, 2.45) is 0 Å². The number of benzene rings is 2. The first-order valence-corrected chi connectivity index (χ1v) is 6.67. The Morgan fingerprint density at radius 3 is 2.80 bits per heavy atom. The zero-order valence-corrected chi connectivity index (χ0v) is 11.3. The maximum atomic E-state index is 12.3. The number of hydrogen-bond acceptors (Lipinski definition) is 3. The van der Waals surface area contributed by atoms with Crippen molar-refractivity contribution in [3.8, 4) is 0 Å². The molecule has 0 saturated heterocycles. The number of esters is 1. The molecule has 2 aromatic rings. The van der Waals surface area contributed by atoms with Gasteiger partial charge in [0, 0.05) is 6.61 Å². The van der Waals surface area contributed by atoms with Crippen molar-refractivity contribution >= 4 is 16.7 Å². The minimum absolute atomic E-state index is 0.105. The molecule has 3 heteroatoms. The standard InChI is InChI=1S/C17H18O3/c1-2-12-20-17(19)16-14(7-5-11-18)10-9-13-6-3-4-8-15(13)16/h2-4,6,8-10,18H,1,5,7,11-12H2. The van der Waals surface area contributed by atoms with Gasteiger partial charge in [0.25, 0.3) is 0 Å². The molecule has 3 nitrogen and oxygen atoms in total. The number of aryl methyl sites for hydroxylation is 1. The predicted octanol–water partition coefficient (Wildman–Crippen LogP) is 3.11. The number of carbonyl (C=O) groups excluding carboxylic acids is 1. The predicted molar refractivity (Wildman–Crippen MR) is 79.8 cm³/mol. The third-order valence-electron chi connectivity index (χ3n) is 3.16. The van der Waals surface area contributed by atoms with E-state index in [0.717, 1.165) is 16.3 Å². The maximum absolute atomic E-state index is 12.3. The van der Waals surface area contributed by atoms with Gasteiger partial charge in [-0.05, 0) is 29.2 Å². The summed E-state index contributed by atoms with van der Waals surface area (Å²) in [5.41, 5.74) is 1.50. The van der Waals surface area contributed by atoms with Gasteiger partial charge < -0.3 is 9.84 Å². The molecular weight excluding hydrogens is 252 g/mol. The third kappa shape index (κ3) is 3.06. The Hall–Kier alpha value is -2.13. The van der Waals surface area contributed by atoms with Gasteiger partial charge in [-0.25, -0.2) is 4.79 Å². The summed E-state index contributed by atoms with van der Waals surface area (Å²) >= 11 is 0. The lowest BCUT2D eigenvalue weighted by atomic mass is 9.96. The molecule has 2 rings (SSSR count). The minimum Gasteiger partial charge on any atom is -0.458 e. The van der Waals surface area contributed by atoms with Crippen LogP contribution in [0.3, 0.4) is 0 Å². The molecule has 20 heavy (non-hydrogen) atoms. The quantitative estimate of drug-likeness (QED) is 0.648. The van der Waals surface area contributed by atoms with Crippen LogP contribution in [-0.4, -0.2) is 24.3 Å². The van der Waals surface area contributed by atoms with Crippen molar-refractivity contribution in [2.45, 2.75) is 12.8 Å². The number of aliphatic hydroxyl groups excluding tert-OH is 1. The van der Waals surface area contributed by atoms with E-state index in [1.807, 2.05) is 36.4 Å². The zero-order chi connectivity index (χ0) is 14.4. The van der Waals surface area contributed by atoms with Crippen molar-refractivity contribution < 1.29 is 14.6 Å². The first kappa shape index (κ1) is 14.3. The minimum atomic E-state index is -0.338. The summed E-state index contributed by atoms with van der Waals surface area (Å²) in [6.07, 6.45) is 2.83. The fourth-order valence-electron chi connectivity index (χ4n) is 2.24. The first-order chi connectivity index (χ1) is 9.77. The van der Waals surface area contributed by atoms with Crippen LogP contribution in [0.2, 0.25) is 0 Å². The van der Waals surface area contributed by atoms with Crippen LogP contribution in [0, 0.1) is 0 Å². The zero-order valence-electron chi connectivity index (χ0n) is 11.3. The normalized spacial score (nSPS) is 10.4. The Bertz CT molecular complexity index is 617.